The highest BCUT2D eigenvalue weighted by atomic mass is 79.9. The summed E-state index contributed by atoms with van der Waals surface area (Å²) in [5, 5.41) is 8.62. The standard InChI is InChI=1S/C22H24BrN3O3/c23-16-5-3-15(4-6-16)22(11-12-22)20(27)25-17-7-9-18(10-8-17)26-21(28)24-14-19-2-1-13-29-19/h3-10,19H,1-2,11-14H2,(H,25,27)(H2,24,26,28). The van der Waals surface area contributed by atoms with Crippen LogP contribution in [0.15, 0.2) is 53.0 Å². The molecule has 0 aromatic heterocycles. The van der Waals surface area contributed by atoms with E-state index in [0.717, 1.165) is 42.3 Å². The first-order valence-corrected chi connectivity index (χ1v) is 10.7. The highest BCUT2D eigenvalue weighted by Crippen LogP contribution is 2.49. The van der Waals surface area contributed by atoms with Crippen molar-refractivity contribution in [2.75, 3.05) is 23.8 Å². The third kappa shape index (κ3) is 4.79. The smallest absolute Gasteiger partial charge is 0.319 e. The van der Waals surface area contributed by atoms with E-state index in [9.17, 15) is 9.59 Å². The third-order valence-corrected chi connectivity index (χ3v) is 6.03. The number of carbonyl (C=O) groups excluding carboxylic acids is 2. The van der Waals surface area contributed by atoms with Crippen LogP contribution in [0.4, 0.5) is 16.2 Å². The molecule has 29 heavy (non-hydrogen) atoms. The molecular weight excluding hydrogens is 434 g/mol. The van der Waals surface area contributed by atoms with Gasteiger partial charge in [-0.1, -0.05) is 28.1 Å². The van der Waals surface area contributed by atoms with Gasteiger partial charge in [-0.3, -0.25) is 4.79 Å². The van der Waals surface area contributed by atoms with Gasteiger partial charge in [-0.15, -0.1) is 0 Å². The van der Waals surface area contributed by atoms with Crippen LogP contribution in [0.1, 0.15) is 31.2 Å². The molecule has 1 saturated heterocycles. The molecule has 1 atom stereocenters. The van der Waals surface area contributed by atoms with Crippen molar-refractivity contribution >= 4 is 39.2 Å². The molecule has 0 radical (unpaired) electrons. The molecule has 7 heteroatoms. The van der Waals surface area contributed by atoms with E-state index in [4.69, 9.17) is 4.74 Å². The van der Waals surface area contributed by atoms with Crippen LogP contribution < -0.4 is 16.0 Å². The van der Waals surface area contributed by atoms with Crippen LogP contribution in [-0.2, 0) is 14.9 Å². The molecule has 2 aromatic rings. The zero-order chi connectivity index (χ0) is 20.3. The van der Waals surface area contributed by atoms with Crippen LogP contribution in [0, 0.1) is 0 Å². The van der Waals surface area contributed by atoms with Crippen molar-refractivity contribution in [3.05, 3.63) is 58.6 Å². The molecule has 1 heterocycles. The maximum atomic E-state index is 12.8. The Labute approximate surface area is 178 Å². The van der Waals surface area contributed by atoms with Crippen molar-refractivity contribution < 1.29 is 14.3 Å². The van der Waals surface area contributed by atoms with E-state index < -0.39 is 5.41 Å². The predicted octanol–water partition coefficient (Wildman–Crippen LogP) is 4.42. The third-order valence-electron chi connectivity index (χ3n) is 5.50. The molecule has 6 nitrogen and oxygen atoms in total. The lowest BCUT2D eigenvalue weighted by molar-refractivity contribution is -0.118. The number of ether oxygens (including phenoxy) is 1. The monoisotopic (exact) mass is 457 g/mol. The minimum absolute atomic E-state index is 0.00911. The van der Waals surface area contributed by atoms with Gasteiger partial charge >= 0.3 is 6.03 Å². The van der Waals surface area contributed by atoms with Crippen molar-refractivity contribution in [2.24, 2.45) is 0 Å². The van der Waals surface area contributed by atoms with Gasteiger partial charge in [0.1, 0.15) is 0 Å². The minimum atomic E-state index is -0.431. The van der Waals surface area contributed by atoms with Gasteiger partial charge < -0.3 is 20.7 Å². The average molecular weight is 458 g/mol. The Kier molecular flexibility index (Phi) is 5.87. The summed E-state index contributed by atoms with van der Waals surface area (Å²) in [5.74, 6) is 0.00911. The summed E-state index contributed by atoms with van der Waals surface area (Å²) in [5.41, 5.74) is 1.99. The second-order valence-electron chi connectivity index (χ2n) is 7.59. The SMILES string of the molecule is O=C(NCC1CCCO1)Nc1ccc(NC(=O)C2(c3ccc(Br)cc3)CC2)cc1. The number of nitrogens with one attached hydrogen (secondary N) is 3. The lowest BCUT2D eigenvalue weighted by Crippen LogP contribution is -2.35. The second-order valence-corrected chi connectivity index (χ2v) is 8.51. The Morgan fingerprint density at radius 1 is 1.00 bits per heavy atom. The van der Waals surface area contributed by atoms with Crippen molar-refractivity contribution in [3.8, 4) is 0 Å². The number of carbonyl (C=O) groups is 2. The molecule has 2 aliphatic rings. The van der Waals surface area contributed by atoms with Crippen molar-refractivity contribution in [3.63, 3.8) is 0 Å². The molecule has 0 spiro atoms. The van der Waals surface area contributed by atoms with Crippen molar-refractivity contribution in [1.82, 2.24) is 5.32 Å². The summed E-state index contributed by atoms with van der Waals surface area (Å²) in [6, 6.07) is 14.8. The molecule has 1 aliphatic heterocycles. The molecule has 3 amide bonds. The number of anilines is 2. The zero-order valence-electron chi connectivity index (χ0n) is 16.0. The van der Waals surface area contributed by atoms with E-state index in [1.807, 2.05) is 24.3 Å². The van der Waals surface area contributed by atoms with Gasteiger partial charge in [-0.2, -0.15) is 0 Å². The topological polar surface area (TPSA) is 79.5 Å². The first-order chi connectivity index (χ1) is 14.0. The maximum Gasteiger partial charge on any atom is 0.319 e. The van der Waals surface area contributed by atoms with Crippen LogP contribution >= 0.6 is 15.9 Å². The number of benzene rings is 2. The van der Waals surface area contributed by atoms with Gasteiger partial charge in [0.2, 0.25) is 5.91 Å². The van der Waals surface area contributed by atoms with Crippen LogP contribution in [0.2, 0.25) is 0 Å². The van der Waals surface area contributed by atoms with E-state index >= 15 is 0 Å². The average Bonchev–Trinajstić information content (AvgIpc) is 3.37. The number of rotatable bonds is 6. The largest absolute Gasteiger partial charge is 0.376 e. The minimum Gasteiger partial charge on any atom is -0.376 e. The summed E-state index contributed by atoms with van der Waals surface area (Å²) < 4.78 is 6.49. The van der Waals surface area contributed by atoms with Gasteiger partial charge in [0.05, 0.1) is 11.5 Å². The quantitative estimate of drug-likeness (QED) is 0.600. The Morgan fingerprint density at radius 2 is 1.66 bits per heavy atom. The highest BCUT2D eigenvalue weighted by Gasteiger charge is 2.51. The van der Waals surface area contributed by atoms with Crippen molar-refractivity contribution in [1.29, 1.82) is 0 Å². The summed E-state index contributed by atoms with van der Waals surface area (Å²) in [6.07, 6.45) is 3.84. The molecule has 4 rings (SSSR count). The maximum absolute atomic E-state index is 12.8. The fourth-order valence-corrected chi connectivity index (χ4v) is 3.88. The lowest BCUT2D eigenvalue weighted by atomic mass is 9.95. The van der Waals surface area contributed by atoms with Crippen LogP contribution in [-0.4, -0.2) is 31.2 Å². The van der Waals surface area contributed by atoms with Gasteiger partial charge in [0.15, 0.2) is 0 Å². The number of hydrogen-bond donors (Lipinski definition) is 3. The molecule has 2 aromatic carbocycles. The Bertz CT molecular complexity index is 873. The fraction of sp³-hybridized carbons (Fsp3) is 0.364. The highest BCUT2D eigenvalue weighted by molar-refractivity contribution is 9.10. The Hall–Kier alpha value is -2.38. The first-order valence-electron chi connectivity index (χ1n) is 9.89. The summed E-state index contributed by atoms with van der Waals surface area (Å²) in [6.45, 7) is 1.28. The van der Waals surface area contributed by atoms with Crippen molar-refractivity contribution in [2.45, 2.75) is 37.2 Å². The second kappa shape index (κ2) is 8.55. The zero-order valence-corrected chi connectivity index (χ0v) is 17.6. The van der Waals surface area contributed by atoms with Crippen LogP contribution in [0.5, 0.6) is 0 Å². The van der Waals surface area contributed by atoms with E-state index in [0.29, 0.717) is 17.9 Å². The van der Waals surface area contributed by atoms with Gasteiger partial charge in [0, 0.05) is 29.0 Å². The fourth-order valence-electron chi connectivity index (χ4n) is 3.62. The predicted molar refractivity (Wildman–Crippen MR) is 116 cm³/mol. The van der Waals surface area contributed by atoms with E-state index in [2.05, 4.69) is 31.9 Å². The van der Waals surface area contributed by atoms with E-state index in [-0.39, 0.29) is 18.0 Å². The molecule has 1 saturated carbocycles. The molecule has 0 bridgehead atoms. The molecule has 2 fully saturated rings. The molecule has 3 N–H and O–H groups in total. The van der Waals surface area contributed by atoms with Gasteiger partial charge in [-0.25, -0.2) is 4.79 Å². The van der Waals surface area contributed by atoms with Gasteiger partial charge in [-0.05, 0) is 67.6 Å². The number of hydrogen-bond acceptors (Lipinski definition) is 3. The van der Waals surface area contributed by atoms with Gasteiger partial charge in [0.25, 0.3) is 0 Å². The van der Waals surface area contributed by atoms with Crippen LogP contribution in [0.3, 0.4) is 0 Å². The Morgan fingerprint density at radius 3 is 2.24 bits per heavy atom. The summed E-state index contributed by atoms with van der Waals surface area (Å²) >= 11 is 3.43. The van der Waals surface area contributed by atoms with E-state index in [1.165, 1.54) is 0 Å². The number of urea groups is 1. The summed E-state index contributed by atoms with van der Waals surface area (Å²) in [7, 11) is 0. The lowest BCUT2D eigenvalue weighted by Gasteiger charge is -2.16. The molecule has 1 aliphatic carbocycles. The molecule has 1 unspecified atom stereocenters. The first kappa shape index (κ1) is 19.9. The van der Waals surface area contributed by atoms with E-state index in [1.54, 1.807) is 24.3 Å². The number of halogens is 1. The Balaban J connectivity index is 1.30. The molecular formula is C22H24BrN3O3. The molecule has 152 valence electrons. The number of amides is 3. The van der Waals surface area contributed by atoms with Crippen LogP contribution in [0.25, 0.3) is 0 Å². The normalized spacial score (nSPS) is 19.4. The summed E-state index contributed by atoms with van der Waals surface area (Å²) in [4.78, 5) is 24.8.